The van der Waals surface area contributed by atoms with E-state index in [0.717, 1.165) is 12.3 Å². The van der Waals surface area contributed by atoms with Gasteiger partial charge in [-0.3, -0.25) is 4.79 Å². The van der Waals surface area contributed by atoms with Crippen LogP contribution in [0.1, 0.15) is 13.8 Å². The molecule has 0 aliphatic carbocycles. The molecule has 2 nitrogen and oxygen atoms in total. The molecular weight excluding hydrogens is 133 g/mol. The quantitative estimate of drug-likeness (QED) is 0.430. The minimum atomic E-state index is -0.806. The van der Waals surface area contributed by atoms with Crippen LogP contribution in [0.15, 0.2) is 25.4 Å². The van der Waals surface area contributed by atoms with E-state index in [9.17, 15) is 9.28 Å². The summed E-state index contributed by atoms with van der Waals surface area (Å²) in [5, 5.41) is -0.146. The Balaban J connectivity index is 0. The molecule has 0 aromatic heterocycles. The molecular formula is C7H12FNO. The Morgan fingerprint density at radius 1 is 1.50 bits per heavy atom. The smallest absolute Gasteiger partial charge is 0.267 e. The van der Waals surface area contributed by atoms with Gasteiger partial charge >= 0.3 is 0 Å². The zero-order chi connectivity index (χ0) is 8.57. The summed E-state index contributed by atoms with van der Waals surface area (Å²) in [6.45, 7) is 10.1. The highest BCUT2D eigenvalue weighted by molar-refractivity contribution is 5.86. The highest BCUT2D eigenvalue weighted by Crippen LogP contribution is 1.89. The topological polar surface area (TPSA) is 20.3 Å². The first-order chi connectivity index (χ1) is 4.72. The van der Waals surface area contributed by atoms with Crippen molar-refractivity contribution in [1.82, 2.24) is 5.12 Å². The number of nitrogens with zero attached hydrogens (tertiary/aromatic N) is 1. The Hall–Kier alpha value is -1.12. The van der Waals surface area contributed by atoms with E-state index in [2.05, 4.69) is 13.2 Å². The second kappa shape index (κ2) is 7.88. The maximum Gasteiger partial charge on any atom is 0.277 e. The largest absolute Gasteiger partial charge is 0.277 e. The van der Waals surface area contributed by atoms with E-state index in [1.54, 1.807) is 0 Å². The molecule has 0 unspecified atom stereocenters. The number of carbonyl (C=O) groups is 1. The number of halogens is 1. The predicted octanol–water partition coefficient (Wildman–Crippen LogP) is 2.06. The standard InChI is InChI=1S/C5H6FNO.C2H6/c1-3-5(8)7(6)4-2;1-2/h3-4H,1-2H2;1-2H3. The van der Waals surface area contributed by atoms with Crippen LogP contribution in [-0.4, -0.2) is 11.0 Å². The van der Waals surface area contributed by atoms with Crippen molar-refractivity contribution in [2.75, 3.05) is 0 Å². The van der Waals surface area contributed by atoms with E-state index in [1.165, 1.54) is 0 Å². The van der Waals surface area contributed by atoms with Crippen LogP contribution in [0.3, 0.4) is 0 Å². The Kier molecular flexibility index (Phi) is 9.18. The lowest BCUT2D eigenvalue weighted by atomic mass is 10.6. The molecule has 0 saturated carbocycles. The number of carbonyl (C=O) groups excluding carboxylic acids is 1. The minimum absolute atomic E-state index is 0.146. The Labute approximate surface area is 60.6 Å². The zero-order valence-electron chi connectivity index (χ0n) is 6.30. The average molecular weight is 145 g/mol. The maximum atomic E-state index is 11.8. The second-order valence-corrected chi connectivity index (χ2v) is 1.04. The molecule has 0 heterocycles. The third-order valence-electron chi connectivity index (χ3n) is 0.545. The molecule has 0 aromatic carbocycles. The summed E-state index contributed by atoms with van der Waals surface area (Å²) in [5.74, 6) is -0.806. The molecule has 10 heavy (non-hydrogen) atoms. The predicted molar refractivity (Wildman–Crippen MR) is 39.7 cm³/mol. The third-order valence-corrected chi connectivity index (χ3v) is 0.545. The maximum absolute atomic E-state index is 11.8. The fourth-order valence-electron chi connectivity index (χ4n) is 0.177. The van der Waals surface area contributed by atoms with Crippen LogP contribution in [0.2, 0.25) is 0 Å². The molecule has 0 aliphatic heterocycles. The number of amides is 1. The molecule has 0 aliphatic rings. The van der Waals surface area contributed by atoms with Crippen molar-refractivity contribution in [1.29, 1.82) is 0 Å². The van der Waals surface area contributed by atoms with Crippen LogP contribution >= 0.6 is 0 Å². The van der Waals surface area contributed by atoms with Gasteiger partial charge in [0.05, 0.1) is 0 Å². The molecule has 0 fully saturated rings. The van der Waals surface area contributed by atoms with Gasteiger partial charge in [0.25, 0.3) is 5.91 Å². The van der Waals surface area contributed by atoms with Gasteiger partial charge in [-0.2, -0.15) is 0 Å². The normalized spacial score (nSPS) is 6.70. The first-order valence-electron chi connectivity index (χ1n) is 2.96. The van der Waals surface area contributed by atoms with Crippen LogP contribution in [-0.2, 0) is 4.79 Å². The van der Waals surface area contributed by atoms with E-state index in [4.69, 9.17) is 0 Å². The van der Waals surface area contributed by atoms with Crippen molar-refractivity contribution in [3.63, 3.8) is 0 Å². The van der Waals surface area contributed by atoms with Gasteiger partial charge in [-0.1, -0.05) is 31.5 Å². The average Bonchev–Trinajstić information content (AvgIpc) is 2.05. The van der Waals surface area contributed by atoms with Gasteiger partial charge in [0.15, 0.2) is 0 Å². The van der Waals surface area contributed by atoms with Crippen molar-refractivity contribution in [2.24, 2.45) is 0 Å². The highest BCUT2D eigenvalue weighted by Gasteiger charge is 2.00. The summed E-state index contributed by atoms with van der Waals surface area (Å²) in [5.41, 5.74) is 0. The number of rotatable bonds is 2. The Morgan fingerprint density at radius 2 is 1.90 bits per heavy atom. The van der Waals surface area contributed by atoms with Gasteiger partial charge in [0, 0.05) is 6.20 Å². The molecule has 0 spiro atoms. The van der Waals surface area contributed by atoms with Gasteiger partial charge in [-0.15, -0.1) is 5.12 Å². The first kappa shape index (κ1) is 11.6. The van der Waals surface area contributed by atoms with Crippen molar-refractivity contribution < 1.29 is 9.28 Å². The highest BCUT2D eigenvalue weighted by atomic mass is 19.2. The van der Waals surface area contributed by atoms with Crippen molar-refractivity contribution in [3.8, 4) is 0 Å². The molecule has 58 valence electrons. The number of hydrogen-bond acceptors (Lipinski definition) is 1. The lowest BCUT2D eigenvalue weighted by Crippen LogP contribution is -2.11. The van der Waals surface area contributed by atoms with Crippen LogP contribution < -0.4 is 0 Å². The minimum Gasteiger partial charge on any atom is -0.267 e. The molecule has 1 amide bonds. The van der Waals surface area contributed by atoms with Crippen molar-refractivity contribution >= 4 is 5.91 Å². The summed E-state index contributed by atoms with van der Waals surface area (Å²) in [4.78, 5) is 10.1. The lowest BCUT2D eigenvalue weighted by Gasteiger charge is -1.98. The van der Waals surface area contributed by atoms with Gasteiger partial charge in [0.2, 0.25) is 0 Å². The summed E-state index contributed by atoms with van der Waals surface area (Å²) >= 11 is 0. The molecule has 0 N–H and O–H groups in total. The molecule has 0 saturated heterocycles. The Bertz CT molecular complexity index is 123. The zero-order valence-corrected chi connectivity index (χ0v) is 6.30. The van der Waals surface area contributed by atoms with E-state index < -0.39 is 5.91 Å². The molecule has 0 aromatic rings. The van der Waals surface area contributed by atoms with Gasteiger partial charge < -0.3 is 0 Å². The van der Waals surface area contributed by atoms with E-state index >= 15 is 0 Å². The van der Waals surface area contributed by atoms with Gasteiger partial charge in [0.1, 0.15) is 0 Å². The summed E-state index contributed by atoms with van der Waals surface area (Å²) < 4.78 is 11.8. The molecule has 3 heteroatoms. The molecule has 0 bridgehead atoms. The van der Waals surface area contributed by atoms with Crippen LogP contribution in [0.4, 0.5) is 4.48 Å². The fourth-order valence-corrected chi connectivity index (χ4v) is 0.177. The van der Waals surface area contributed by atoms with Crippen LogP contribution in [0.25, 0.3) is 0 Å². The van der Waals surface area contributed by atoms with Gasteiger partial charge in [-0.05, 0) is 6.08 Å². The summed E-state index contributed by atoms with van der Waals surface area (Å²) in [7, 11) is 0. The van der Waals surface area contributed by atoms with Crippen molar-refractivity contribution in [2.45, 2.75) is 13.8 Å². The summed E-state index contributed by atoms with van der Waals surface area (Å²) in [6, 6.07) is 0. The van der Waals surface area contributed by atoms with E-state index in [1.807, 2.05) is 13.8 Å². The van der Waals surface area contributed by atoms with Crippen LogP contribution in [0, 0.1) is 0 Å². The fraction of sp³-hybridized carbons (Fsp3) is 0.286. The summed E-state index contributed by atoms with van der Waals surface area (Å²) in [6.07, 6.45) is 1.63. The second-order valence-electron chi connectivity index (χ2n) is 1.04. The van der Waals surface area contributed by atoms with Gasteiger partial charge in [-0.25, -0.2) is 0 Å². The van der Waals surface area contributed by atoms with E-state index in [-0.39, 0.29) is 5.12 Å². The first-order valence-corrected chi connectivity index (χ1v) is 2.96. The van der Waals surface area contributed by atoms with Crippen LogP contribution in [0.5, 0.6) is 0 Å². The van der Waals surface area contributed by atoms with E-state index in [0.29, 0.717) is 0 Å². The molecule has 0 atom stereocenters. The lowest BCUT2D eigenvalue weighted by molar-refractivity contribution is -0.134. The SMILES string of the molecule is C=CC(=O)N(F)C=C.CC. The monoisotopic (exact) mass is 145 g/mol. The molecule has 0 rings (SSSR count). The van der Waals surface area contributed by atoms with Crippen molar-refractivity contribution in [3.05, 3.63) is 25.4 Å². The third kappa shape index (κ3) is 5.03. The molecule has 0 radical (unpaired) electrons. The number of hydrogen-bond donors (Lipinski definition) is 0. The Morgan fingerprint density at radius 3 is 2.00 bits per heavy atom.